The summed E-state index contributed by atoms with van der Waals surface area (Å²) in [6.07, 6.45) is -0.833. The fourth-order valence-corrected chi connectivity index (χ4v) is 1.85. The van der Waals surface area contributed by atoms with E-state index < -0.39 is 12.1 Å². The van der Waals surface area contributed by atoms with Gasteiger partial charge in [0.05, 0.1) is 18.8 Å². The van der Waals surface area contributed by atoms with Gasteiger partial charge in [0, 0.05) is 0 Å². The molecule has 4 N–H and O–H groups in total. The van der Waals surface area contributed by atoms with Crippen molar-refractivity contribution in [3.05, 3.63) is 60.2 Å². The third-order valence-electron chi connectivity index (χ3n) is 2.98. The highest BCUT2D eigenvalue weighted by atomic mass is 16.3. The predicted octanol–water partition coefficient (Wildman–Crippen LogP) is 1.71. The van der Waals surface area contributed by atoms with E-state index in [1.807, 2.05) is 54.6 Å². The van der Waals surface area contributed by atoms with E-state index in [0.29, 0.717) is 0 Å². The maximum absolute atomic E-state index is 9.87. The molecular weight excluding hydrogens is 226 g/mol. The molecular formula is C15H17NO2. The van der Waals surface area contributed by atoms with Crippen LogP contribution in [-0.2, 0) is 0 Å². The highest BCUT2D eigenvalue weighted by Crippen LogP contribution is 2.22. The topological polar surface area (TPSA) is 66.5 Å². The van der Waals surface area contributed by atoms with Gasteiger partial charge < -0.3 is 15.9 Å². The predicted molar refractivity (Wildman–Crippen MR) is 71.9 cm³/mol. The molecule has 0 aliphatic carbocycles. The third kappa shape index (κ3) is 2.76. The first kappa shape index (κ1) is 12.8. The van der Waals surface area contributed by atoms with Crippen molar-refractivity contribution >= 4 is 0 Å². The van der Waals surface area contributed by atoms with Crippen LogP contribution in [0.1, 0.15) is 11.7 Å². The zero-order chi connectivity index (χ0) is 13.0. The lowest BCUT2D eigenvalue weighted by Gasteiger charge is -2.17. The number of aliphatic hydroxyl groups excluding tert-OH is 2. The molecule has 0 aliphatic heterocycles. The van der Waals surface area contributed by atoms with Crippen LogP contribution in [0.2, 0.25) is 0 Å². The minimum Gasteiger partial charge on any atom is -0.395 e. The smallest absolute Gasteiger partial charge is 0.0963 e. The lowest BCUT2D eigenvalue weighted by Crippen LogP contribution is -2.31. The molecule has 3 heteroatoms. The van der Waals surface area contributed by atoms with Crippen LogP contribution in [0.25, 0.3) is 11.1 Å². The number of rotatable bonds is 4. The Morgan fingerprint density at radius 3 is 2.00 bits per heavy atom. The van der Waals surface area contributed by atoms with E-state index in [4.69, 9.17) is 10.8 Å². The largest absolute Gasteiger partial charge is 0.395 e. The van der Waals surface area contributed by atoms with E-state index in [-0.39, 0.29) is 6.61 Å². The summed E-state index contributed by atoms with van der Waals surface area (Å²) >= 11 is 0. The summed E-state index contributed by atoms with van der Waals surface area (Å²) in [5.74, 6) is 0. The molecule has 2 atom stereocenters. The molecule has 0 saturated carbocycles. The maximum Gasteiger partial charge on any atom is 0.0963 e. The van der Waals surface area contributed by atoms with Gasteiger partial charge in [-0.3, -0.25) is 0 Å². The van der Waals surface area contributed by atoms with Gasteiger partial charge in [-0.05, 0) is 16.7 Å². The molecule has 0 fully saturated rings. The molecule has 3 nitrogen and oxygen atoms in total. The quantitative estimate of drug-likeness (QED) is 0.765. The van der Waals surface area contributed by atoms with Crippen molar-refractivity contribution in [3.8, 4) is 11.1 Å². The lowest BCUT2D eigenvalue weighted by atomic mass is 9.99. The van der Waals surface area contributed by atoms with E-state index >= 15 is 0 Å². The summed E-state index contributed by atoms with van der Waals surface area (Å²) in [5.41, 5.74) is 8.53. The van der Waals surface area contributed by atoms with Crippen LogP contribution < -0.4 is 5.73 Å². The van der Waals surface area contributed by atoms with Crippen LogP contribution in [0.4, 0.5) is 0 Å². The molecule has 0 heterocycles. The molecule has 2 rings (SSSR count). The second-order valence-electron chi connectivity index (χ2n) is 4.28. The Morgan fingerprint density at radius 1 is 0.889 bits per heavy atom. The summed E-state index contributed by atoms with van der Waals surface area (Å²) in [6.45, 7) is -0.235. The maximum atomic E-state index is 9.87. The van der Waals surface area contributed by atoms with E-state index in [1.165, 1.54) is 0 Å². The lowest BCUT2D eigenvalue weighted by molar-refractivity contribution is 0.109. The standard InChI is InChI=1S/C15H17NO2/c16-14(10-17)15(18)13-8-6-12(7-9-13)11-4-2-1-3-5-11/h1-9,14-15,17-18H,10,16H2/t14-,15+/m1/s1. The molecule has 0 saturated heterocycles. The number of aliphatic hydroxyl groups is 2. The Morgan fingerprint density at radius 2 is 1.44 bits per heavy atom. The molecule has 2 aromatic carbocycles. The molecule has 2 aromatic rings. The second kappa shape index (κ2) is 5.78. The molecule has 94 valence electrons. The van der Waals surface area contributed by atoms with Crippen molar-refractivity contribution < 1.29 is 10.2 Å². The van der Waals surface area contributed by atoms with Crippen LogP contribution in [-0.4, -0.2) is 22.9 Å². The fraction of sp³-hybridized carbons (Fsp3) is 0.200. The van der Waals surface area contributed by atoms with Crippen molar-refractivity contribution in [2.75, 3.05) is 6.61 Å². The Hall–Kier alpha value is -1.68. The minimum atomic E-state index is -0.833. The molecule has 0 aromatic heterocycles. The van der Waals surface area contributed by atoms with Crippen LogP contribution in [0.3, 0.4) is 0 Å². The van der Waals surface area contributed by atoms with Crippen LogP contribution in [0.15, 0.2) is 54.6 Å². The molecule has 0 bridgehead atoms. The molecule has 0 unspecified atom stereocenters. The van der Waals surface area contributed by atoms with Crippen LogP contribution in [0.5, 0.6) is 0 Å². The van der Waals surface area contributed by atoms with Crippen molar-refractivity contribution in [3.63, 3.8) is 0 Å². The van der Waals surface area contributed by atoms with Gasteiger partial charge in [-0.25, -0.2) is 0 Å². The first-order valence-corrected chi connectivity index (χ1v) is 5.92. The number of hydrogen-bond donors (Lipinski definition) is 3. The number of nitrogens with two attached hydrogens (primary N) is 1. The summed E-state index contributed by atoms with van der Waals surface area (Å²) in [4.78, 5) is 0. The van der Waals surface area contributed by atoms with E-state index in [1.54, 1.807) is 0 Å². The summed E-state index contributed by atoms with van der Waals surface area (Å²) < 4.78 is 0. The molecule has 0 aliphatic rings. The minimum absolute atomic E-state index is 0.235. The molecule has 0 amide bonds. The van der Waals surface area contributed by atoms with Gasteiger partial charge in [-0.1, -0.05) is 54.6 Å². The molecule has 0 spiro atoms. The van der Waals surface area contributed by atoms with Gasteiger partial charge in [0.25, 0.3) is 0 Å². The summed E-state index contributed by atoms with van der Waals surface area (Å²) in [6, 6.07) is 16.9. The monoisotopic (exact) mass is 243 g/mol. The number of benzene rings is 2. The third-order valence-corrected chi connectivity index (χ3v) is 2.98. The van der Waals surface area contributed by atoms with Gasteiger partial charge >= 0.3 is 0 Å². The van der Waals surface area contributed by atoms with Gasteiger partial charge in [0.1, 0.15) is 0 Å². The second-order valence-corrected chi connectivity index (χ2v) is 4.28. The molecule has 18 heavy (non-hydrogen) atoms. The zero-order valence-electron chi connectivity index (χ0n) is 10.0. The normalized spacial score (nSPS) is 14.2. The van der Waals surface area contributed by atoms with Crippen LogP contribution >= 0.6 is 0 Å². The molecule has 0 radical (unpaired) electrons. The fourth-order valence-electron chi connectivity index (χ4n) is 1.85. The Kier molecular flexibility index (Phi) is 4.10. The highest BCUT2D eigenvalue weighted by Gasteiger charge is 2.15. The van der Waals surface area contributed by atoms with Gasteiger partial charge in [-0.2, -0.15) is 0 Å². The first-order chi connectivity index (χ1) is 8.72. The number of hydrogen-bond acceptors (Lipinski definition) is 3. The van der Waals surface area contributed by atoms with Crippen molar-refractivity contribution in [1.29, 1.82) is 0 Å². The van der Waals surface area contributed by atoms with E-state index in [2.05, 4.69) is 0 Å². The van der Waals surface area contributed by atoms with E-state index in [9.17, 15) is 5.11 Å². The SMILES string of the molecule is N[C@H](CO)[C@@H](O)c1ccc(-c2ccccc2)cc1. The summed E-state index contributed by atoms with van der Waals surface area (Å²) in [5, 5.41) is 18.8. The first-order valence-electron chi connectivity index (χ1n) is 5.92. The van der Waals surface area contributed by atoms with Crippen molar-refractivity contribution in [2.24, 2.45) is 5.73 Å². The zero-order valence-corrected chi connectivity index (χ0v) is 10.0. The van der Waals surface area contributed by atoms with Crippen molar-refractivity contribution in [2.45, 2.75) is 12.1 Å². The Bertz CT molecular complexity index is 482. The Labute approximate surface area is 107 Å². The van der Waals surface area contributed by atoms with Gasteiger partial charge in [0.15, 0.2) is 0 Å². The Balaban J connectivity index is 2.20. The average Bonchev–Trinajstić information content (AvgIpc) is 2.47. The van der Waals surface area contributed by atoms with Crippen LogP contribution in [0, 0.1) is 0 Å². The van der Waals surface area contributed by atoms with Crippen molar-refractivity contribution in [1.82, 2.24) is 0 Å². The van der Waals surface area contributed by atoms with Gasteiger partial charge in [-0.15, -0.1) is 0 Å². The van der Waals surface area contributed by atoms with E-state index in [0.717, 1.165) is 16.7 Å². The average molecular weight is 243 g/mol. The highest BCUT2D eigenvalue weighted by molar-refractivity contribution is 5.63. The van der Waals surface area contributed by atoms with Gasteiger partial charge in [0.2, 0.25) is 0 Å². The summed E-state index contributed by atoms with van der Waals surface area (Å²) in [7, 11) is 0.